The van der Waals surface area contributed by atoms with Crippen LogP contribution in [0.3, 0.4) is 0 Å². The van der Waals surface area contributed by atoms with Gasteiger partial charge >= 0.3 is 0 Å². The predicted molar refractivity (Wildman–Crippen MR) is 136 cm³/mol. The number of ether oxygens (including phenoxy) is 2. The van der Waals surface area contributed by atoms with Gasteiger partial charge in [0.2, 0.25) is 12.7 Å². The van der Waals surface area contributed by atoms with Crippen molar-refractivity contribution in [3.8, 4) is 11.5 Å². The van der Waals surface area contributed by atoms with Crippen LogP contribution in [0.1, 0.15) is 66.1 Å². The molecule has 2 aliphatic carbocycles. The molecule has 2 amide bonds. The van der Waals surface area contributed by atoms with Crippen LogP contribution in [0.15, 0.2) is 42.5 Å². The van der Waals surface area contributed by atoms with E-state index in [1.165, 1.54) is 24.0 Å². The van der Waals surface area contributed by atoms with Gasteiger partial charge in [0.1, 0.15) is 0 Å². The van der Waals surface area contributed by atoms with E-state index in [0.29, 0.717) is 49.2 Å². The highest BCUT2D eigenvalue weighted by Gasteiger charge is 2.38. The first-order valence-electron chi connectivity index (χ1n) is 13.5. The number of carbonyl (C=O) groups excluding carboxylic acids is 2. The number of rotatable bonds is 5. The van der Waals surface area contributed by atoms with E-state index in [9.17, 15) is 9.59 Å². The third-order valence-corrected chi connectivity index (χ3v) is 8.42. The summed E-state index contributed by atoms with van der Waals surface area (Å²) in [7, 11) is 0. The molecule has 2 heterocycles. The number of carbonyl (C=O) groups is 2. The second kappa shape index (κ2) is 10.1. The number of hydrogen-bond acceptors (Lipinski definition) is 5. The number of fused-ring (bicyclic) bond motifs is 2. The summed E-state index contributed by atoms with van der Waals surface area (Å²) in [5.74, 6) is 1.87. The lowest BCUT2D eigenvalue weighted by Crippen LogP contribution is -2.58. The zero-order chi connectivity index (χ0) is 24.5. The Morgan fingerprint density at radius 1 is 0.889 bits per heavy atom. The predicted octanol–water partition coefficient (Wildman–Crippen LogP) is 3.93. The van der Waals surface area contributed by atoms with Gasteiger partial charge < -0.3 is 19.7 Å². The van der Waals surface area contributed by atoms with Gasteiger partial charge in [0.15, 0.2) is 11.5 Å². The Kier molecular flexibility index (Phi) is 6.57. The molecule has 36 heavy (non-hydrogen) atoms. The number of nitrogens with one attached hydrogen (secondary N) is 1. The number of amides is 2. The van der Waals surface area contributed by atoms with Gasteiger partial charge in [-0.2, -0.15) is 0 Å². The first-order valence-corrected chi connectivity index (χ1v) is 13.5. The second-order valence-electron chi connectivity index (χ2n) is 10.5. The summed E-state index contributed by atoms with van der Waals surface area (Å²) in [6.07, 6.45) is 7.81. The fourth-order valence-electron chi connectivity index (χ4n) is 6.53. The number of benzene rings is 2. The highest BCUT2D eigenvalue weighted by molar-refractivity contribution is 5.95. The van der Waals surface area contributed by atoms with Crippen LogP contribution in [0.2, 0.25) is 0 Å². The molecule has 0 radical (unpaired) electrons. The van der Waals surface area contributed by atoms with Gasteiger partial charge in [0.25, 0.3) is 5.91 Å². The van der Waals surface area contributed by atoms with Crippen LogP contribution in [0.4, 0.5) is 0 Å². The molecule has 2 fully saturated rings. The van der Waals surface area contributed by atoms with Crippen molar-refractivity contribution in [2.45, 2.75) is 57.0 Å². The van der Waals surface area contributed by atoms with Crippen molar-refractivity contribution >= 4 is 11.8 Å². The Morgan fingerprint density at radius 2 is 1.67 bits per heavy atom. The van der Waals surface area contributed by atoms with E-state index in [0.717, 1.165) is 32.1 Å². The van der Waals surface area contributed by atoms with E-state index < -0.39 is 0 Å². The number of nitrogens with zero attached hydrogens (tertiary/aromatic N) is 2. The van der Waals surface area contributed by atoms with Crippen LogP contribution < -0.4 is 14.8 Å². The minimum Gasteiger partial charge on any atom is -0.454 e. The fourth-order valence-corrected chi connectivity index (χ4v) is 6.53. The minimum atomic E-state index is -0.121. The van der Waals surface area contributed by atoms with Gasteiger partial charge in [-0.25, -0.2) is 0 Å². The maximum absolute atomic E-state index is 13.8. The van der Waals surface area contributed by atoms with E-state index in [2.05, 4.69) is 34.5 Å². The molecule has 7 heteroatoms. The molecule has 0 aromatic heterocycles. The van der Waals surface area contributed by atoms with Crippen LogP contribution >= 0.6 is 0 Å². The van der Waals surface area contributed by atoms with Crippen molar-refractivity contribution in [3.05, 3.63) is 59.2 Å². The lowest BCUT2D eigenvalue weighted by molar-refractivity contribution is -0.130. The van der Waals surface area contributed by atoms with E-state index in [4.69, 9.17) is 9.47 Å². The Labute approximate surface area is 212 Å². The molecule has 2 aromatic carbocycles. The van der Waals surface area contributed by atoms with E-state index in [1.807, 2.05) is 4.90 Å². The first kappa shape index (κ1) is 23.3. The van der Waals surface area contributed by atoms with Crippen molar-refractivity contribution in [2.24, 2.45) is 5.92 Å². The van der Waals surface area contributed by atoms with Crippen LogP contribution in [0, 0.1) is 5.92 Å². The molecule has 1 saturated heterocycles. The molecule has 6 rings (SSSR count). The molecule has 0 spiro atoms. The monoisotopic (exact) mass is 489 g/mol. The van der Waals surface area contributed by atoms with E-state index >= 15 is 0 Å². The largest absolute Gasteiger partial charge is 0.454 e. The molecule has 4 aliphatic rings. The summed E-state index contributed by atoms with van der Waals surface area (Å²) >= 11 is 0. The molecular formula is C29H35N3O4. The van der Waals surface area contributed by atoms with Crippen molar-refractivity contribution in [2.75, 3.05) is 33.0 Å². The summed E-state index contributed by atoms with van der Waals surface area (Å²) < 4.78 is 10.8. The molecule has 0 bridgehead atoms. The average molecular weight is 490 g/mol. The Morgan fingerprint density at radius 3 is 2.50 bits per heavy atom. The third kappa shape index (κ3) is 4.57. The van der Waals surface area contributed by atoms with Gasteiger partial charge in [-0.05, 0) is 67.3 Å². The molecule has 2 aromatic rings. The van der Waals surface area contributed by atoms with Crippen molar-refractivity contribution in [1.82, 2.24) is 15.1 Å². The first-order chi connectivity index (χ1) is 17.7. The van der Waals surface area contributed by atoms with Crippen molar-refractivity contribution in [3.63, 3.8) is 0 Å². The summed E-state index contributed by atoms with van der Waals surface area (Å²) in [4.78, 5) is 31.2. The van der Waals surface area contributed by atoms with Crippen molar-refractivity contribution in [1.29, 1.82) is 0 Å². The highest BCUT2D eigenvalue weighted by Crippen LogP contribution is 2.35. The lowest BCUT2D eigenvalue weighted by Gasteiger charge is -2.41. The van der Waals surface area contributed by atoms with Gasteiger partial charge in [-0.3, -0.25) is 14.5 Å². The quantitative estimate of drug-likeness (QED) is 0.689. The maximum atomic E-state index is 13.8. The third-order valence-electron chi connectivity index (χ3n) is 8.42. The molecular weight excluding hydrogens is 454 g/mol. The van der Waals surface area contributed by atoms with Crippen molar-refractivity contribution < 1.29 is 19.1 Å². The number of hydrogen-bond donors (Lipinski definition) is 1. The fraction of sp³-hybridized carbons (Fsp3) is 0.517. The Balaban J connectivity index is 1.13. The Bertz CT molecular complexity index is 1120. The van der Waals surface area contributed by atoms with E-state index in [1.54, 1.807) is 18.2 Å². The zero-order valence-electron chi connectivity index (χ0n) is 20.8. The van der Waals surface area contributed by atoms with Crippen LogP contribution in [0.25, 0.3) is 0 Å². The molecule has 2 atom stereocenters. The smallest absolute Gasteiger partial charge is 0.254 e. The van der Waals surface area contributed by atoms with Gasteiger partial charge in [0.05, 0.1) is 12.1 Å². The SMILES string of the molecule is O=C(NC1CCCc2ccccc21)C(C1CCCC1)N1CCN(C(=O)c2ccc3c(c2)OCO3)CC1. The summed E-state index contributed by atoms with van der Waals surface area (Å²) in [6, 6.07) is 13.9. The minimum absolute atomic E-state index is 0.00799. The van der Waals surface area contributed by atoms with Crippen LogP contribution in [-0.4, -0.2) is 60.6 Å². The lowest BCUT2D eigenvalue weighted by atomic mass is 9.87. The van der Waals surface area contributed by atoms with Gasteiger partial charge in [0, 0.05) is 31.7 Å². The molecule has 7 nitrogen and oxygen atoms in total. The summed E-state index contributed by atoms with van der Waals surface area (Å²) in [5, 5.41) is 3.45. The second-order valence-corrected chi connectivity index (χ2v) is 10.5. The molecule has 2 unspecified atom stereocenters. The standard InChI is InChI=1S/C29H35N3O4/c33-28(30-24-11-5-9-20-6-3-4-10-23(20)24)27(21-7-1-2-8-21)31-14-16-32(17-15-31)29(34)22-12-13-25-26(18-22)36-19-35-25/h3-4,6,10,12-13,18,21,24,27H,1-2,5,7-9,11,14-17,19H2,(H,30,33). The average Bonchev–Trinajstić information content (AvgIpc) is 3.61. The number of aryl methyl sites for hydroxylation is 1. The van der Waals surface area contributed by atoms with E-state index in [-0.39, 0.29) is 30.7 Å². The maximum Gasteiger partial charge on any atom is 0.254 e. The topological polar surface area (TPSA) is 71.1 Å². The summed E-state index contributed by atoms with van der Waals surface area (Å²) in [5.41, 5.74) is 3.26. The number of piperazine rings is 1. The van der Waals surface area contributed by atoms with Gasteiger partial charge in [-0.1, -0.05) is 37.1 Å². The molecule has 190 valence electrons. The normalized spacial score (nSPS) is 22.8. The van der Waals surface area contributed by atoms with Crippen LogP contribution in [0.5, 0.6) is 11.5 Å². The zero-order valence-corrected chi connectivity index (χ0v) is 20.8. The van der Waals surface area contributed by atoms with Gasteiger partial charge in [-0.15, -0.1) is 0 Å². The Hall–Kier alpha value is -3.06. The molecule has 1 N–H and O–H groups in total. The van der Waals surface area contributed by atoms with Crippen LogP contribution in [-0.2, 0) is 11.2 Å². The molecule has 2 aliphatic heterocycles. The molecule has 1 saturated carbocycles. The highest BCUT2D eigenvalue weighted by atomic mass is 16.7. The summed E-state index contributed by atoms with van der Waals surface area (Å²) in [6.45, 7) is 2.87.